The third kappa shape index (κ3) is 3.66. The van der Waals surface area contributed by atoms with Gasteiger partial charge in [-0.25, -0.2) is 4.79 Å². The molecule has 6 atom stereocenters. The fraction of sp³-hybridized carbons (Fsp3) is 0.724. The van der Waals surface area contributed by atoms with Gasteiger partial charge in [0.2, 0.25) is 0 Å². The van der Waals surface area contributed by atoms with Crippen molar-refractivity contribution < 1.29 is 14.4 Å². The molecule has 35 heavy (non-hydrogen) atoms. The number of rotatable bonds is 4. The van der Waals surface area contributed by atoms with E-state index in [1.165, 1.54) is 24.5 Å². The van der Waals surface area contributed by atoms with E-state index in [2.05, 4.69) is 30.0 Å². The largest absolute Gasteiger partial charge is 0.431 e. The maximum atomic E-state index is 12.4. The van der Waals surface area contributed by atoms with Crippen molar-refractivity contribution in [2.24, 2.45) is 27.8 Å². The molecule has 1 aliphatic heterocycles. The van der Waals surface area contributed by atoms with Gasteiger partial charge in [-0.3, -0.25) is 4.90 Å². The zero-order valence-corrected chi connectivity index (χ0v) is 21.3. The van der Waals surface area contributed by atoms with E-state index < -0.39 is 5.60 Å². The number of aliphatic hydroxyl groups is 1. The number of fused-ring (bicyclic) bond motifs is 5. The van der Waals surface area contributed by atoms with E-state index in [9.17, 15) is 9.90 Å². The van der Waals surface area contributed by atoms with E-state index in [1.807, 2.05) is 6.07 Å². The van der Waals surface area contributed by atoms with Gasteiger partial charge in [-0.1, -0.05) is 24.6 Å². The van der Waals surface area contributed by atoms with Crippen LogP contribution in [0.5, 0.6) is 0 Å². The molecule has 6 nitrogen and oxygen atoms in total. The van der Waals surface area contributed by atoms with E-state index in [-0.39, 0.29) is 22.4 Å². The molecule has 1 saturated heterocycles. The van der Waals surface area contributed by atoms with Crippen molar-refractivity contribution in [2.75, 3.05) is 19.8 Å². The van der Waals surface area contributed by atoms with Crippen LogP contribution in [0.2, 0.25) is 0 Å². The smallest absolute Gasteiger partial charge is 0.335 e. The van der Waals surface area contributed by atoms with Gasteiger partial charge in [0, 0.05) is 24.6 Å². The molecule has 0 radical (unpaired) electrons. The molecular formula is C29H40N2O4. The van der Waals surface area contributed by atoms with E-state index in [4.69, 9.17) is 9.25 Å². The molecule has 1 aromatic rings. The lowest BCUT2D eigenvalue weighted by molar-refractivity contribution is -0.176. The second-order valence-electron chi connectivity index (χ2n) is 12.4. The zero-order valence-electron chi connectivity index (χ0n) is 21.3. The molecule has 5 aliphatic rings. The van der Waals surface area contributed by atoms with E-state index in [0.717, 1.165) is 75.7 Å². The van der Waals surface area contributed by atoms with Crippen LogP contribution in [0.25, 0.3) is 0 Å². The maximum absolute atomic E-state index is 12.4. The first-order chi connectivity index (χ1) is 16.8. The summed E-state index contributed by atoms with van der Waals surface area (Å²) in [5.41, 5.74) is 2.63. The molecule has 0 amide bonds. The molecular weight excluding hydrogens is 440 g/mol. The quantitative estimate of drug-likeness (QED) is 0.598. The fourth-order valence-electron chi connectivity index (χ4n) is 8.82. The van der Waals surface area contributed by atoms with Crippen molar-refractivity contribution in [2.45, 2.75) is 89.6 Å². The summed E-state index contributed by atoms with van der Waals surface area (Å²) in [6, 6.07) is 3.44. The van der Waals surface area contributed by atoms with Gasteiger partial charge in [-0.2, -0.15) is 0 Å². The molecule has 6 rings (SSSR count). The highest BCUT2D eigenvalue weighted by Gasteiger charge is 2.66. The molecule has 2 heterocycles. The third-order valence-corrected chi connectivity index (χ3v) is 10.9. The molecule has 0 spiro atoms. The van der Waals surface area contributed by atoms with Crippen molar-refractivity contribution in [3.63, 3.8) is 0 Å². The number of oxime groups is 1. The molecule has 0 aromatic carbocycles. The Morgan fingerprint density at radius 3 is 2.69 bits per heavy atom. The SMILES string of the molecule is C[C@]12CC/C(=N\OCN3CCCC3)C=C1CC[C@@H]1[C@@H]2CC[C@]2(C)[C@@H](c3ccc(=O)oc3)CC[C@]12O. The molecule has 6 heteroatoms. The van der Waals surface area contributed by atoms with Crippen LogP contribution < -0.4 is 5.63 Å². The van der Waals surface area contributed by atoms with Crippen molar-refractivity contribution in [1.29, 1.82) is 0 Å². The Labute approximate surface area is 208 Å². The van der Waals surface area contributed by atoms with Crippen molar-refractivity contribution in [3.05, 3.63) is 46.0 Å². The van der Waals surface area contributed by atoms with Gasteiger partial charge in [0.1, 0.15) is 0 Å². The second-order valence-corrected chi connectivity index (χ2v) is 12.4. The zero-order chi connectivity index (χ0) is 24.3. The molecule has 4 fully saturated rings. The predicted octanol–water partition coefficient (Wildman–Crippen LogP) is 5.23. The number of hydrogen-bond acceptors (Lipinski definition) is 6. The van der Waals surface area contributed by atoms with Gasteiger partial charge in [-0.15, -0.1) is 0 Å². The van der Waals surface area contributed by atoms with Gasteiger partial charge < -0.3 is 14.4 Å². The Morgan fingerprint density at radius 2 is 1.91 bits per heavy atom. The van der Waals surface area contributed by atoms with Gasteiger partial charge in [-0.05, 0) is 105 Å². The van der Waals surface area contributed by atoms with Crippen LogP contribution in [-0.4, -0.2) is 41.1 Å². The van der Waals surface area contributed by atoms with Crippen LogP contribution in [-0.2, 0) is 4.84 Å². The lowest BCUT2D eigenvalue weighted by Crippen LogP contribution is -2.60. The Kier molecular flexibility index (Phi) is 5.76. The second kappa shape index (κ2) is 8.58. The average molecular weight is 481 g/mol. The van der Waals surface area contributed by atoms with Crippen LogP contribution in [0, 0.1) is 22.7 Å². The first kappa shape index (κ1) is 23.5. The lowest BCUT2D eigenvalue weighted by atomic mass is 9.45. The minimum absolute atomic E-state index is 0.131. The minimum atomic E-state index is -0.668. The highest BCUT2D eigenvalue weighted by Crippen LogP contribution is 2.69. The number of likely N-dealkylation sites (tertiary alicyclic amines) is 1. The standard InChI is InChI=1S/C29H40N2O4/c1-27-12-9-22(30-35-19-31-15-3-4-16-31)17-21(27)6-7-25-24(27)10-13-28(2)23(11-14-29(25,28)33)20-5-8-26(32)34-18-20/h5,8,17-18,23-25,33H,3-4,6-7,9-16,19H2,1-2H3/b30-22+/t23-,24+,25-,27+,28-,29+/m1/s1. The summed E-state index contributed by atoms with van der Waals surface area (Å²) in [5, 5.41) is 16.9. The number of nitrogens with zero attached hydrogens (tertiary/aromatic N) is 2. The van der Waals surface area contributed by atoms with E-state index >= 15 is 0 Å². The van der Waals surface area contributed by atoms with Crippen LogP contribution in [0.1, 0.15) is 89.5 Å². The lowest BCUT2D eigenvalue weighted by Gasteiger charge is -2.61. The van der Waals surface area contributed by atoms with E-state index in [1.54, 1.807) is 6.26 Å². The first-order valence-electron chi connectivity index (χ1n) is 13.8. The number of allylic oxidation sites excluding steroid dienone is 2. The highest BCUT2D eigenvalue weighted by molar-refractivity contribution is 5.96. The summed E-state index contributed by atoms with van der Waals surface area (Å²) in [5.74, 6) is 1.05. The first-order valence-corrected chi connectivity index (χ1v) is 13.8. The highest BCUT2D eigenvalue weighted by atomic mass is 16.6. The summed E-state index contributed by atoms with van der Waals surface area (Å²) >= 11 is 0. The van der Waals surface area contributed by atoms with E-state index in [0.29, 0.717) is 18.6 Å². The topological polar surface area (TPSA) is 75.3 Å². The normalized spacial score (nSPS) is 42.3. The summed E-state index contributed by atoms with van der Waals surface area (Å²) in [6.07, 6.45) is 14.5. The Balaban J connectivity index is 1.22. The van der Waals surface area contributed by atoms with Gasteiger partial charge >= 0.3 is 5.63 Å². The Hall–Kier alpha value is -1.92. The third-order valence-electron chi connectivity index (χ3n) is 10.9. The summed E-state index contributed by atoms with van der Waals surface area (Å²) in [6.45, 7) is 7.58. The van der Waals surface area contributed by atoms with Crippen LogP contribution in [0.15, 0.2) is 44.4 Å². The van der Waals surface area contributed by atoms with Crippen LogP contribution in [0.4, 0.5) is 0 Å². The molecule has 0 unspecified atom stereocenters. The fourth-order valence-corrected chi connectivity index (χ4v) is 8.82. The minimum Gasteiger partial charge on any atom is -0.431 e. The molecule has 1 N–H and O–H groups in total. The van der Waals surface area contributed by atoms with Gasteiger partial charge in [0.25, 0.3) is 0 Å². The van der Waals surface area contributed by atoms with Crippen molar-refractivity contribution in [3.8, 4) is 0 Å². The Bertz CT molecular complexity index is 1070. The maximum Gasteiger partial charge on any atom is 0.335 e. The van der Waals surface area contributed by atoms with Gasteiger partial charge in [0.05, 0.1) is 17.6 Å². The predicted molar refractivity (Wildman–Crippen MR) is 135 cm³/mol. The van der Waals surface area contributed by atoms with Crippen molar-refractivity contribution >= 4 is 5.71 Å². The monoisotopic (exact) mass is 480 g/mol. The summed E-state index contributed by atoms with van der Waals surface area (Å²) < 4.78 is 5.22. The molecule has 3 saturated carbocycles. The summed E-state index contributed by atoms with van der Waals surface area (Å²) in [7, 11) is 0. The van der Waals surface area contributed by atoms with Crippen LogP contribution >= 0.6 is 0 Å². The molecule has 0 bridgehead atoms. The molecule has 4 aliphatic carbocycles. The molecule has 1 aromatic heterocycles. The van der Waals surface area contributed by atoms with Crippen LogP contribution in [0.3, 0.4) is 0 Å². The van der Waals surface area contributed by atoms with Gasteiger partial charge in [0.15, 0.2) is 6.73 Å². The molecule has 190 valence electrons. The Morgan fingerprint density at radius 1 is 1.09 bits per heavy atom. The number of hydrogen-bond donors (Lipinski definition) is 1. The average Bonchev–Trinajstić information content (AvgIpc) is 3.46. The summed E-state index contributed by atoms with van der Waals surface area (Å²) in [4.78, 5) is 19.6. The van der Waals surface area contributed by atoms with Crippen molar-refractivity contribution in [1.82, 2.24) is 4.90 Å².